The van der Waals surface area contributed by atoms with Crippen LogP contribution < -0.4 is 5.32 Å². The van der Waals surface area contributed by atoms with Gasteiger partial charge < -0.3 is 5.32 Å². The molecule has 4 aromatic rings. The van der Waals surface area contributed by atoms with E-state index in [0.29, 0.717) is 0 Å². The maximum Gasteiger partial charge on any atom is 0.214 e. The van der Waals surface area contributed by atoms with Crippen molar-refractivity contribution >= 4 is 11.8 Å². The van der Waals surface area contributed by atoms with Crippen molar-refractivity contribution in [2.75, 3.05) is 12.3 Å². The summed E-state index contributed by atoms with van der Waals surface area (Å²) in [4.78, 5) is 0. The van der Waals surface area contributed by atoms with E-state index in [1.165, 1.54) is 16.7 Å². The molecule has 0 bridgehead atoms. The molecular formula is C23H23N5S. The molecular weight excluding hydrogens is 378 g/mol. The lowest BCUT2D eigenvalue weighted by atomic mass is 10.0. The summed E-state index contributed by atoms with van der Waals surface area (Å²) in [6.07, 6.45) is 1.05. The topological polar surface area (TPSA) is 55.6 Å². The smallest absolute Gasteiger partial charge is 0.214 e. The van der Waals surface area contributed by atoms with Gasteiger partial charge in [-0.2, -0.15) is 4.68 Å². The van der Waals surface area contributed by atoms with E-state index in [-0.39, 0.29) is 0 Å². The number of nitrogens with zero attached hydrogens (tertiary/aromatic N) is 4. The lowest BCUT2D eigenvalue weighted by Crippen LogP contribution is -2.15. The van der Waals surface area contributed by atoms with E-state index < -0.39 is 0 Å². The van der Waals surface area contributed by atoms with Crippen molar-refractivity contribution < 1.29 is 0 Å². The molecule has 0 amide bonds. The molecule has 0 radical (unpaired) electrons. The highest BCUT2D eigenvalue weighted by Gasteiger charge is 2.08. The molecule has 146 valence electrons. The third kappa shape index (κ3) is 5.31. The SMILES string of the molecule is c1ccc(-c2ccc(CNCCCSc3nnnn3-c3ccccc3)cc2)cc1. The summed E-state index contributed by atoms with van der Waals surface area (Å²) in [5, 5.41) is 16.4. The van der Waals surface area contributed by atoms with Gasteiger partial charge in [0.2, 0.25) is 5.16 Å². The van der Waals surface area contributed by atoms with Crippen molar-refractivity contribution in [2.24, 2.45) is 0 Å². The summed E-state index contributed by atoms with van der Waals surface area (Å²) in [7, 11) is 0. The molecule has 1 aromatic heterocycles. The zero-order chi connectivity index (χ0) is 19.7. The molecule has 29 heavy (non-hydrogen) atoms. The molecule has 4 rings (SSSR count). The number of benzene rings is 3. The number of thioether (sulfide) groups is 1. The van der Waals surface area contributed by atoms with Crippen molar-refractivity contribution in [1.82, 2.24) is 25.5 Å². The molecule has 5 nitrogen and oxygen atoms in total. The molecule has 3 aromatic carbocycles. The van der Waals surface area contributed by atoms with Gasteiger partial charge in [0.1, 0.15) is 0 Å². The van der Waals surface area contributed by atoms with E-state index in [2.05, 4.69) is 69.4 Å². The minimum atomic E-state index is 0.827. The number of para-hydroxylation sites is 1. The fourth-order valence-corrected chi connectivity index (χ4v) is 3.87. The first-order chi connectivity index (χ1) is 14.4. The van der Waals surface area contributed by atoms with Crippen LogP contribution in [0.4, 0.5) is 0 Å². The standard InChI is InChI=1S/C23H23N5S/c1-3-8-20(9-4-1)21-14-12-19(13-15-21)18-24-16-7-17-29-23-25-26-27-28(23)22-10-5-2-6-11-22/h1-6,8-15,24H,7,16-18H2. The normalized spacial score (nSPS) is 10.9. The van der Waals surface area contributed by atoms with Gasteiger partial charge in [-0.3, -0.25) is 0 Å². The minimum absolute atomic E-state index is 0.827. The molecule has 1 heterocycles. The van der Waals surface area contributed by atoms with Crippen LogP contribution in [-0.2, 0) is 6.54 Å². The van der Waals surface area contributed by atoms with Crippen molar-refractivity contribution in [3.8, 4) is 16.8 Å². The Bertz CT molecular complexity index is 1000. The third-order valence-electron chi connectivity index (χ3n) is 4.56. The Morgan fingerprint density at radius 2 is 1.48 bits per heavy atom. The van der Waals surface area contributed by atoms with Gasteiger partial charge in [0.15, 0.2) is 0 Å². The molecule has 0 aliphatic rings. The second kappa shape index (κ2) is 10.0. The largest absolute Gasteiger partial charge is 0.313 e. The Hall–Kier alpha value is -2.96. The van der Waals surface area contributed by atoms with Gasteiger partial charge in [-0.1, -0.05) is 84.6 Å². The summed E-state index contributed by atoms with van der Waals surface area (Å²) in [6.45, 7) is 1.84. The van der Waals surface area contributed by atoms with E-state index in [0.717, 1.165) is 36.1 Å². The number of nitrogens with one attached hydrogen (secondary N) is 1. The fourth-order valence-electron chi connectivity index (χ4n) is 3.04. The van der Waals surface area contributed by atoms with Crippen LogP contribution in [0.3, 0.4) is 0 Å². The molecule has 0 unspecified atom stereocenters. The van der Waals surface area contributed by atoms with Crippen molar-refractivity contribution in [3.05, 3.63) is 90.5 Å². The van der Waals surface area contributed by atoms with E-state index >= 15 is 0 Å². The second-order valence-corrected chi connectivity index (χ2v) is 7.71. The molecule has 0 atom stereocenters. The number of hydrogen-bond donors (Lipinski definition) is 1. The molecule has 0 saturated heterocycles. The first kappa shape index (κ1) is 19.4. The Morgan fingerprint density at radius 3 is 2.24 bits per heavy atom. The Labute approximate surface area is 175 Å². The molecule has 0 aliphatic heterocycles. The van der Waals surface area contributed by atoms with E-state index in [1.54, 1.807) is 16.4 Å². The molecule has 0 spiro atoms. The first-order valence-corrected chi connectivity index (χ1v) is 10.7. The Morgan fingerprint density at radius 1 is 0.793 bits per heavy atom. The number of rotatable bonds is 9. The predicted octanol–water partition coefficient (Wildman–Crippen LogP) is 4.60. The van der Waals surface area contributed by atoms with E-state index in [9.17, 15) is 0 Å². The van der Waals surface area contributed by atoms with Crippen molar-refractivity contribution in [2.45, 2.75) is 18.1 Å². The second-order valence-electron chi connectivity index (χ2n) is 6.65. The molecule has 6 heteroatoms. The fraction of sp³-hybridized carbons (Fsp3) is 0.174. The van der Waals surface area contributed by atoms with Gasteiger partial charge in [-0.15, -0.1) is 5.10 Å². The van der Waals surface area contributed by atoms with E-state index in [4.69, 9.17) is 0 Å². The summed E-state index contributed by atoms with van der Waals surface area (Å²) in [5.41, 5.74) is 4.78. The Balaban J connectivity index is 1.19. The highest BCUT2D eigenvalue weighted by atomic mass is 32.2. The summed E-state index contributed by atoms with van der Waals surface area (Å²) in [5.74, 6) is 0.965. The number of aromatic nitrogens is 4. The van der Waals surface area contributed by atoms with Crippen LogP contribution in [0.25, 0.3) is 16.8 Å². The molecule has 0 aliphatic carbocycles. The van der Waals surface area contributed by atoms with Crippen molar-refractivity contribution in [3.63, 3.8) is 0 Å². The van der Waals surface area contributed by atoms with Gasteiger partial charge in [0.05, 0.1) is 5.69 Å². The highest BCUT2D eigenvalue weighted by Crippen LogP contribution is 2.20. The monoisotopic (exact) mass is 401 g/mol. The van der Waals surface area contributed by atoms with Crippen LogP contribution in [0, 0.1) is 0 Å². The van der Waals surface area contributed by atoms with Crippen LogP contribution in [0.2, 0.25) is 0 Å². The third-order valence-corrected chi connectivity index (χ3v) is 5.57. The van der Waals surface area contributed by atoms with Crippen LogP contribution in [0.1, 0.15) is 12.0 Å². The van der Waals surface area contributed by atoms with Crippen LogP contribution in [0.15, 0.2) is 90.1 Å². The van der Waals surface area contributed by atoms with Crippen LogP contribution in [-0.4, -0.2) is 32.5 Å². The van der Waals surface area contributed by atoms with Gasteiger partial charge in [-0.25, -0.2) is 0 Å². The highest BCUT2D eigenvalue weighted by molar-refractivity contribution is 7.99. The summed E-state index contributed by atoms with van der Waals surface area (Å²) < 4.78 is 1.78. The zero-order valence-corrected chi connectivity index (χ0v) is 16.9. The lowest BCUT2D eigenvalue weighted by Gasteiger charge is -2.07. The van der Waals surface area contributed by atoms with Gasteiger partial charge in [0.25, 0.3) is 0 Å². The quantitative estimate of drug-likeness (QED) is 0.328. The summed E-state index contributed by atoms with van der Waals surface area (Å²) in [6, 6.07) is 29.2. The van der Waals surface area contributed by atoms with Crippen LogP contribution in [0.5, 0.6) is 0 Å². The molecule has 0 saturated carbocycles. The lowest BCUT2D eigenvalue weighted by molar-refractivity contribution is 0.678. The number of tetrazole rings is 1. The zero-order valence-electron chi connectivity index (χ0n) is 16.1. The van der Waals surface area contributed by atoms with Gasteiger partial charge in [-0.05, 0) is 52.2 Å². The first-order valence-electron chi connectivity index (χ1n) is 9.72. The maximum absolute atomic E-state index is 4.14. The van der Waals surface area contributed by atoms with Crippen LogP contribution >= 0.6 is 11.8 Å². The number of hydrogen-bond acceptors (Lipinski definition) is 5. The minimum Gasteiger partial charge on any atom is -0.313 e. The predicted molar refractivity (Wildman–Crippen MR) is 118 cm³/mol. The molecule has 1 N–H and O–H groups in total. The average molecular weight is 402 g/mol. The van der Waals surface area contributed by atoms with Crippen molar-refractivity contribution in [1.29, 1.82) is 0 Å². The van der Waals surface area contributed by atoms with Gasteiger partial charge >= 0.3 is 0 Å². The Kier molecular flexibility index (Phi) is 6.68. The van der Waals surface area contributed by atoms with Gasteiger partial charge in [0, 0.05) is 12.3 Å². The van der Waals surface area contributed by atoms with E-state index in [1.807, 2.05) is 36.4 Å². The average Bonchev–Trinajstić information content (AvgIpc) is 3.26. The summed E-state index contributed by atoms with van der Waals surface area (Å²) >= 11 is 1.68. The molecule has 0 fully saturated rings. The maximum atomic E-state index is 4.14.